The number of aromatic nitrogens is 1. The number of thioether (sulfide) groups is 1. The number of aliphatic imine (C=N–C) groups is 2. The van der Waals surface area contributed by atoms with E-state index in [0.717, 1.165) is 23.3 Å². The van der Waals surface area contributed by atoms with Gasteiger partial charge in [0.1, 0.15) is 23.7 Å². The maximum Gasteiger partial charge on any atom is 0.573 e. The van der Waals surface area contributed by atoms with E-state index in [1.807, 2.05) is 13.0 Å². The Bertz CT molecular complexity index is 1420. The number of benzene rings is 2. The standard InChI is InChI=1S/C25H20F3N7O2S/c1-16-3-2-12-30-23(16)35-21(36)14-38-24(35)34-33-13-17-4-6-18(7-5-17)22(29)32-15-31-19-8-10-20(11-9-19)37-25(26,27)28/h2-13,15H,14H2,1H3,(H2,29,31,32)/b33-13+,34-24-. The first-order chi connectivity index (χ1) is 18.2. The molecule has 4 rings (SSSR count). The van der Waals surface area contributed by atoms with Gasteiger partial charge < -0.3 is 10.5 Å². The highest BCUT2D eigenvalue weighted by molar-refractivity contribution is 8.15. The number of carbonyl (C=O) groups is 1. The first-order valence-corrected chi connectivity index (χ1v) is 12.0. The zero-order chi connectivity index (χ0) is 27.1. The lowest BCUT2D eigenvalue weighted by molar-refractivity contribution is -0.274. The lowest BCUT2D eigenvalue weighted by Crippen LogP contribution is -2.30. The molecule has 0 unspecified atom stereocenters. The average molecular weight is 540 g/mol. The molecule has 0 aliphatic carbocycles. The molecule has 3 aromatic rings. The molecule has 1 amide bonds. The van der Waals surface area contributed by atoms with Crippen LogP contribution < -0.4 is 15.4 Å². The van der Waals surface area contributed by atoms with Crippen LogP contribution in [-0.2, 0) is 4.79 Å². The van der Waals surface area contributed by atoms with Gasteiger partial charge >= 0.3 is 6.36 Å². The van der Waals surface area contributed by atoms with Gasteiger partial charge in [0.25, 0.3) is 0 Å². The van der Waals surface area contributed by atoms with E-state index in [9.17, 15) is 18.0 Å². The minimum absolute atomic E-state index is 0.110. The maximum absolute atomic E-state index is 12.3. The van der Waals surface area contributed by atoms with Crippen LogP contribution in [0.1, 0.15) is 16.7 Å². The molecule has 2 aromatic carbocycles. The van der Waals surface area contributed by atoms with Crippen LogP contribution in [0.25, 0.3) is 0 Å². The van der Waals surface area contributed by atoms with Gasteiger partial charge in [-0.3, -0.25) is 4.79 Å². The van der Waals surface area contributed by atoms with E-state index in [0.29, 0.717) is 22.2 Å². The second-order valence-corrected chi connectivity index (χ2v) is 8.65. The van der Waals surface area contributed by atoms with E-state index in [2.05, 4.69) is 29.9 Å². The highest BCUT2D eigenvalue weighted by Gasteiger charge is 2.32. The number of amides is 1. The third kappa shape index (κ3) is 7.03. The van der Waals surface area contributed by atoms with E-state index in [1.54, 1.807) is 42.7 Å². The van der Waals surface area contributed by atoms with Gasteiger partial charge in [-0.25, -0.2) is 19.9 Å². The number of ether oxygens (including phenoxy) is 1. The molecule has 1 aliphatic rings. The number of pyridine rings is 1. The Balaban J connectivity index is 1.38. The van der Waals surface area contributed by atoms with Crippen LogP contribution in [0.5, 0.6) is 5.75 Å². The van der Waals surface area contributed by atoms with Gasteiger partial charge in [-0.15, -0.1) is 18.3 Å². The summed E-state index contributed by atoms with van der Waals surface area (Å²) in [5.74, 6) is 0.536. The summed E-state index contributed by atoms with van der Waals surface area (Å²) >= 11 is 1.29. The summed E-state index contributed by atoms with van der Waals surface area (Å²) in [5, 5.41) is 8.76. The third-order valence-corrected chi connectivity index (χ3v) is 5.90. The summed E-state index contributed by atoms with van der Waals surface area (Å²) in [6.07, 6.45) is -0.383. The zero-order valence-corrected chi connectivity index (χ0v) is 20.6. The Morgan fingerprint density at radius 1 is 1.13 bits per heavy atom. The van der Waals surface area contributed by atoms with Crippen molar-refractivity contribution in [1.82, 2.24) is 4.98 Å². The SMILES string of the molecule is Cc1cccnc1N1C(=O)CS/C1=N\N=C\c1ccc(C(N)=NC=Nc2ccc(OC(F)(F)F)cc2)cc1. The Kier molecular flexibility index (Phi) is 8.16. The summed E-state index contributed by atoms with van der Waals surface area (Å²) in [5.41, 5.74) is 8.60. The smallest absolute Gasteiger partial charge is 0.406 e. The van der Waals surface area contributed by atoms with E-state index in [4.69, 9.17) is 5.73 Å². The minimum atomic E-state index is -4.76. The molecule has 0 radical (unpaired) electrons. The summed E-state index contributed by atoms with van der Waals surface area (Å²) in [6.45, 7) is 1.87. The number of alkyl halides is 3. The van der Waals surface area contributed by atoms with Gasteiger partial charge in [-0.2, -0.15) is 5.10 Å². The number of halogens is 3. The minimum Gasteiger partial charge on any atom is -0.406 e. The molecule has 0 saturated carbocycles. The summed E-state index contributed by atoms with van der Waals surface area (Å²) in [7, 11) is 0. The van der Waals surface area contributed by atoms with Crippen molar-refractivity contribution in [3.63, 3.8) is 0 Å². The number of carbonyl (C=O) groups excluding carboxylic acids is 1. The monoisotopic (exact) mass is 539 g/mol. The number of aryl methyl sites for hydroxylation is 1. The predicted octanol–water partition coefficient (Wildman–Crippen LogP) is 4.82. The molecule has 2 N–H and O–H groups in total. The molecule has 1 saturated heterocycles. The molecule has 1 aliphatic heterocycles. The van der Waals surface area contributed by atoms with E-state index >= 15 is 0 Å². The molecule has 0 bridgehead atoms. The Morgan fingerprint density at radius 2 is 1.87 bits per heavy atom. The highest BCUT2D eigenvalue weighted by atomic mass is 32.2. The van der Waals surface area contributed by atoms with E-state index in [1.165, 1.54) is 35.1 Å². The fraction of sp³-hybridized carbons (Fsp3) is 0.120. The highest BCUT2D eigenvalue weighted by Crippen LogP contribution is 2.27. The van der Waals surface area contributed by atoms with Gasteiger partial charge in [0.15, 0.2) is 5.17 Å². The van der Waals surface area contributed by atoms with Crippen molar-refractivity contribution < 1.29 is 22.7 Å². The molecule has 0 spiro atoms. The molecule has 2 heterocycles. The Labute approximate surface area is 219 Å². The second kappa shape index (κ2) is 11.7. The zero-order valence-electron chi connectivity index (χ0n) is 19.8. The molecule has 1 aromatic heterocycles. The predicted molar refractivity (Wildman–Crippen MR) is 142 cm³/mol. The van der Waals surface area contributed by atoms with Crippen LogP contribution in [0.2, 0.25) is 0 Å². The van der Waals surface area contributed by atoms with Crippen LogP contribution in [-0.4, -0.2) is 46.6 Å². The molecule has 194 valence electrons. The first-order valence-electron chi connectivity index (χ1n) is 11.0. The molecule has 9 nitrogen and oxygen atoms in total. The molecule has 13 heteroatoms. The fourth-order valence-corrected chi connectivity index (χ4v) is 4.01. The lowest BCUT2D eigenvalue weighted by atomic mass is 10.1. The largest absolute Gasteiger partial charge is 0.573 e. The molecular weight excluding hydrogens is 519 g/mol. The summed E-state index contributed by atoms with van der Waals surface area (Å²) in [6, 6.07) is 15.7. The number of amidine groups is 2. The van der Waals surface area contributed by atoms with Crippen molar-refractivity contribution in [2.45, 2.75) is 13.3 Å². The van der Waals surface area contributed by atoms with Crippen molar-refractivity contribution in [3.8, 4) is 5.75 Å². The van der Waals surface area contributed by atoms with Crippen molar-refractivity contribution in [2.75, 3.05) is 10.7 Å². The molecule has 1 fully saturated rings. The van der Waals surface area contributed by atoms with E-state index in [-0.39, 0.29) is 23.2 Å². The number of nitrogens with two attached hydrogens (primary N) is 1. The van der Waals surface area contributed by atoms with Crippen molar-refractivity contribution >= 4 is 52.7 Å². The van der Waals surface area contributed by atoms with Crippen molar-refractivity contribution in [1.29, 1.82) is 0 Å². The average Bonchev–Trinajstić information content (AvgIpc) is 3.24. The quantitative estimate of drug-likeness (QED) is 0.262. The number of hydrogen-bond acceptors (Lipinski definition) is 7. The normalized spacial score (nSPS) is 15.8. The lowest BCUT2D eigenvalue weighted by Gasteiger charge is -2.15. The third-order valence-electron chi connectivity index (χ3n) is 4.99. The van der Waals surface area contributed by atoms with Crippen LogP contribution in [0.4, 0.5) is 24.7 Å². The number of rotatable bonds is 7. The molecular formula is C25H20F3N7O2S. The fourth-order valence-electron chi connectivity index (χ4n) is 3.21. The van der Waals surface area contributed by atoms with Crippen molar-refractivity contribution in [3.05, 3.63) is 83.6 Å². The van der Waals surface area contributed by atoms with Gasteiger partial charge in [0.05, 0.1) is 17.7 Å². The second-order valence-electron chi connectivity index (χ2n) is 7.71. The Hall–Kier alpha value is -4.52. The van der Waals surface area contributed by atoms with Crippen molar-refractivity contribution in [2.24, 2.45) is 25.9 Å². The van der Waals surface area contributed by atoms with Gasteiger partial charge in [0, 0.05) is 11.8 Å². The van der Waals surface area contributed by atoms with E-state index < -0.39 is 6.36 Å². The van der Waals surface area contributed by atoms with Gasteiger partial charge in [-0.05, 0) is 48.4 Å². The molecule has 38 heavy (non-hydrogen) atoms. The summed E-state index contributed by atoms with van der Waals surface area (Å²) in [4.78, 5) is 26.2. The summed E-state index contributed by atoms with van der Waals surface area (Å²) < 4.78 is 40.5. The number of hydrogen-bond donors (Lipinski definition) is 1. The Morgan fingerprint density at radius 3 is 2.55 bits per heavy atom. The van der Waals surface area contributed by atoms with Crippen LogP contribution in [0.15, 0.2) is 87.0 Å². The number of anilines is 1. The first kappa shape index (κ1) is 26.5. The topological polar surface area (TPSA) is 118 Å². The van der Waals surface area contributed by atoms with Crippen LogP contribution in [0, 0.1) is 6.92 Å². The molecule has 0 atom stereocenters. The number of nitrogens with zero attached hydrogens (tertiary/aromatic N) is 6. The maximum atomic E-state index is 12.3. The van der Waals surface area contributed by atoms with Crippen LogP contribution in [0.3, 0.4) is 0 Å². The van der Waals surface area contributed by atoms with Crippen LogP contribution >= 0.6 is 11.8 Å². The van der Waals surface area contributed by atoms with Gasteiger partial charge in [-0.1, -0.05) is 42.1 Å². The van der Waals surface area contributed by atoms with Gasteiger partial charge in [0.2, 0.25) is 5.91 Å².